The smallest absolute Gasteiger partial charge is 0.409 e. The second kappa shape index (κ2) is 14.0. The lowest BCUT2D eigenvalue weighted by molar-refractivity contribution is 0.0963. The molecule has 2 N–H and O–H groups in total. The largest absolute Gasteiger partial charge is 0.469 e. The van der Waals surface area contributed by atoms with Crippen LogP contribution in [0.4, 0.5) is 9.18 Å². The third-order valence-electron chi connectivity index (χ3n) is 5.21. The van der Waals surface area contributed by atoms with E-state index in [4.69, 9.17) is 9.15 Å². The van der Waals surface area contributed by atoms with Gasteiger partial charge in [-0.05, 0) is 49.9 Å². The van der Waals surface area contributed by atoms with Gasteiger partial charge in [0.25, 0.3) is 0 Å². The second-order valence-electron chi connectivity index (χ2n) is 7.43. The molecular formula is C23H32FIN4O3. The molecule has 9 heteroatoms. The number of ether oxygens (including phenoxy) is 1. The first kappa shape index (κ1) is 26.0. The lowest BCUT2D eigenvalue weighted by Crippen LogP contribution is -2.50. The number of furan rings is 1. The van der Waals surface area contributed by atoms with Gasteiger partial charge in [0.2, 0.25) is 0 Å². The minimum absolute atomic E-state index is 0. The number of likely N-dealkylation sites (tertiary alicyclic amines) is 1. The van der Waals surface area contributed by atoms with E-state index in [1.54, 1.807) is 23.3 Å². The Hall–Kier alpha value is -2.30. The van der Waals surface area contributed by atoms with Gasteiger partial charge in [0.15, 0.2) is 5.96 Å². The molecule has 2 heterocycles. The molecular weight excluding hydrogens is 526 g/mol. The van der Waals surface area contributed by atoms with Crippen molar-refractivity contribution >= 4 is 36.0 Å². The van der Waals surface area contributed by atoms with Crippen LogP contribution in [0.1, 0.15) is 31.1 Å². The minimum atomic E-state index is -0.253. The fraction of sp³-hybridized carbons (Fsp3) is 0.478. The van der Waals surface area contributed by atoms with E-state index in [2.05, 4.69) is 15.6 Å². The summed E-state index contributed by atoms with van der Waals surface area (Å²) in [6.45, 7) is 4.62. The molecule has 1 saturated heterocycles. The predicted octanol–water partition coefficient (Wildman–Crippen LogP) is 3.98. The zero-order valence-electron chi connectivity index (χ0n) is 18.4. The average Bonchev–Trinajstić information content (AvgIpc) is 3.29. The molecule has 0 atom stereocenters. The average molecular weight is 558 g/mol. The Morgan fingerprint density at radius 3 is 2.69 bits per heavy atom. The number of guanidine groups is 1. The number of amides is 1. The Morgan fingerprint density at radius 2 is 2.00 bits per heavy atom. The zero-order chi connectivity index (χ0) is 21.9. The molecule has 1 aromatic carbocycles. The quantitative estimate of drug-likeness (QED) is 0.291. The van der Waals surface area contributed by atoms with Crippen LogP contribution in [-0.2, 0) is 17.6 Å². The number of hydrogen-bond acceptors (Lipinski definition) is 4. The first-order valence-electron chi connectivity index (χ1n) is 10.9. The van der Waals surface area contributed by atoms with Crippen LogP contribution in [-0.4, -0.2) is 55.8 Å². The van der Waals surface area contributed by atoms with E-state index >= 15 is 0 Å². The monoisotopic (exact) mass is 558 g/mol. The van der Waals surface area contributed by atoms with E-state index in [0.717, 1.165) is 18.6 Å². The molecule has 0 radical (unpaired) electrons. The minimum Gasteiger partial charge on any atom is -0.469 e. The number of hydrogen-bond donors (Lipinski definition) is 2. The van der Waals surface area contributed by atoms with Crippen molar-refractivity contribution in [2.75, 3.05) is 32.8 Å². The third-order valence-corrected chi connectivity index (χ3v) is 5.21. The number of nitrogens with zero attached hydrogens (tertiary/aromatic N) is 2. The summed E-state index contributed by atoms with van der Waals surface area (Å²) in [5.41, 5.74) is 0.674. The van der Waals surface area contributed by atoms with Crippen molar-refractivity contribution in [1.82, 2.24) is 15.5 Å². The number of rotatable bonds is 8. The predicted molar refractivity (Wildman–Crippen MR) is 133 cm³/mol. The maximum absolute atomic E-state index is 13.9. The maximum Gasteiger partial charge on any atom is 0.409 e. The van der Waals surface area contributed by atoms with E-state index in [-0.39, 0.29) is 41.9 Å². The normalized spacial score (nSPS) is 14.6. The van der Waals surface area contributed by atoms with Gasteiger partial charge >= 0.3 is 6.09 Å². The summed E-state index contributed by atoms with van der Waals surface area (Å²) in [6, 6.07) is 10.8. The summed E-state index contributed by atoms with van der Waals surface area (Å²) in [6.07, 6.45) is 4.29. The Balaban J connectivity index is 0.00000363. The number of carbonyl (C=O) groups is 1. The lowest BCUT2D eigenvalue weighted by atomic mass is 10.1. The molecule has 3 rings (SSSR count). The number of carbonyl (C=O) groups excluding carboxylic acids is 1. The molecule has 1 aliphatic heterocycles. The van der Waals surface area contributed by atoms with E-state index in [9.17, 15) is 9.18 Å². The van der Waals surface area contributed by atoms with Crippen molar-refractivity contribution in [3.05, 3.63) is 59.8 Å². The van der Waals surface area contributed by atoms with Gasteiger partial charge in [0.1, 0.15) is 11.6 Å². The molecule has 32 heavy (non-hydrogen) atoms. The van der Waals surface area contributed by atoms with Gasteiger partial charge in [-0.25, -0.2) is 9.18 Å². The van der Waals surface area contributed by atoms with Gasteiger partial charge in [0.05, 0.1) is 12.9 Å². The van der Waals surface area contributed by atoms with Crippen LogP contribution in [0.25, 0.3) is 0 Å². The molecule has 1 aliphatic rings. The van der Waals surface area contributed by atoms with Crippen LogP contribution in [0.3, 0.4) is 0 Å². The number of nitrogens with one attached hydrogen (secondary N) is 2. The van der Waals surface area contributed by atoms with Crippen molar-refractivity contribution in [3.63, 3.8) is 0 Å². The standard InChI is InChI=1S/C23H31FN4O3.HI/c1-2-30-23(29)28-15-11-19(12-16-28)27-22(26-14-10-20-7-5-17-31-20)25-13-9-18-6-3-4-8-21(18)24;/h3-8,17,19H,2,9-16H2,1H3,(H2,25,26,27);1H. The molecule has 0 unspecified atom stereocenters. The van der Waals surface area contributed by atoms with Crippen molar-refractivity contribution in [1.29, 1.82) is 0 Å². The molecule has 1 amide bonds. The van der Waals surface area contributed by atoms with E-state index < -0.39 is 0 Å². The van der Waals surface area contributed by atoms with Crippen molar-refractivity contribution in [2.45, 2.75) is 38.6 Å². The number of aliphatic imine (C=N–C) groups is 1. The van der Waals surface area contributed by atoms with Crippen LogP contribution in [0.15, 0.2) is 52.1 Å². The number of piperidine rings is 1. The van der Waals surface area contributed by atoms with Gasteiger partial charge in [-0.15, -0.1) is 24.0 Å². The third kappa shape index (κ3) is 8.33. The van der Waals surface area contributed by atoms with Crippen LogP contribution in [0.2, 0.25) is 0 Å². The van der Waals surface area contributed by atoms with E-state index in [0.29, 0.717) is 57.2 Å². The van der Waals surface area contributed by atoms with Gasteiger partial charge in [-0.2, -0.15) is 0 Å². The molecule has 1 aromatic heterocycles. The van der Waals surface area contributed by atoms with Crippen LogP contribution < -0.4 is 10.6 Å². The second-order valence-corrected chi connectivity index (χ2v) is 7.43. The number of halogens is 2. The SMILES string of the molecule is CCOC(=O)N1CCC(NC(=NCCc2ccco2)NCCc2ccccc2F)CC1.I. The molecule has 1 fully saturated rings. The summed E-state index contributed by atoms with van der Waals surface area (Å²) in [5, 5.41) is 6.78. The van der Waals surface area contributed by atoms with Gasteiger partial charge in [0, 0.05) is 38.6 Å². The Labute approximate surface area is 205 Å². The van der Waals surface area contributed by atoms with Gasteiger partial charge in [-0.1, -0.05) is 18.2 Å². The van der Waals surface area contributed by atoms with Crippen LogP contribution >= 0.6 is 24.0 Å². The van der Waals surface area contributed by atoms with Crippen molar-refractivity contribution < 1.29 is 18.3 Å². The molecule has 0 bridgehead atoms. The highest BCUT2D eigenvalue weighted by Crippen LogP contribution is 2.12. The van der Waals surface area contributed by atoms with Gasteiger partial charge < -0.3 is 24.7 Å². The molecule has 0 aliphatic carbocycles. The fourth-order valence-electron chi connectivity index (χ4n) is 3.52. The Kier molecular flexibility index (Phi) is 11.3. The van der Waals surface area contributed by atoms with Crippen molar-refractivity contribution in [3.8, 4) is 0 Å². The Morgan fingerprint density at radius 1 is 1.22 bits per heavy atom. The summed E-state index contributed by atoms with van der Waals surface area (Å²) < 4.78 is 24.3. The van der Waals surface area contributed by atoms with Crippen LogP contribution in [0.5, 0.6) is 0 Å². The summed E-state index contributed by atoms with van der Waals surface area (Å²) >= 11 is 0. The van der Waals surface area contributed by atoms with E-state index in [1.807, 2.05) is 25.1 Å². The first-order chi connectivity index (χ1) is 15.2. The summed E-state index contributed by atoms with van der Waals surface area (Å²) in [4.78, 5) is 18.3. The molecule has 2 aromatic rings. The topological polar surface area (TPSA) is 79.1 Å². The maximum atomic E-state index is 13.9. The van der Waals surface area contributed by atoms with Gasteiger partial charge in [-0.3, -0.25) is 4.99 Å². The molecule has 0 spiro atoms. The highest BCUT2D eigenvalue weighted by atomic mass is 127. The summed E-state index contributed by atoms with van der Waals surface area (Å²) in [7, 11) is 0. The molecule has 0 saturated carbocycles. The van der Waals surface area contributed by atoms with Crippen LogP contribution in [0, 0.1) is 5.82 Å². The first-order valence-corrected chi connectivity index (χ1v) is 10.9. The molecule has 176 valence electrons. The fourth-order valence-corrected chi connectivity index (χ4v) is 3.52. The van der Waals surface area contributed by atoms with Crippen molar-refractivity contribution in [2.24, 2.45) is 4.99 Å². The summed E-state index contributed by atoms with van der Waals surface area (Å²) in [5.74, 6) is 1.38. The zero-order valence-corrected chi connectivity index (χ0v) is 20.7. The van der Waals surface area contributed by atoms with E-state index in [1.165, 1.54) is 6.07 Å². The highest BCUT2D eigenvalue weighted by molar-refractivity contribution is 14.0. The molecule has 7 nitrogen and oxygen atoms in total. The number of benzene rings is 1. The lowest BCUT2D eigenvalue weighted by Gasteiger charge is -2.32. The Bertz CT molecular complexity index is 840. The highest BCUT2D eigenvalue weighted by Gasteiger charge is 2.24.